The lowest BCUT2D eigenvalue weighted by atomic mass is 10.2. The van der Waals surface area contributed by atoms with Crippen molar-refractivity contribution in [3.63, 3.8) is 0 Å². The molecule has 0 amide bonds. The van der Waals surface area contributed by atoms with E-state index < -0.39 is 5.82 Å². The summed E-state index contributed by atoms with van der Waals surface area (Å²) in [4.78, 5) is 2.12. The van der Waals surface area contributed by atoms with Crippen LogP contribution in [0.4, 0.5) is 15.8 Å². The molecule has 1 aromatic carbocycles. The molecule has 2 rings (SSSR count). The van der Waals surface area contributed by atoms with Gasteiger partial charge < -0.3 is 20.1 Å². The van der Waals surface area contributed by atoms with E-state index in [4.69, 9.17) is 15.2 Å². The number of rotatable bonds is 2. The Labute approximate surface area is 106 Å². The van der Waals surface area contributed by atoms with Crippen molar-refractivity contribution in [2.75, 3.05) is 37.4 Å². The SMILES string of the molecule is COc1cc(N2CCCOC(C)C2)c(N)cc1F. The van der Waals surface area contributed by atoms with Gasteiger partial charge in [0.2, 0.25) is 0 Å². The van der Waals surface area contributed by atoms with Gasteiger partial charge in [0.05, 0.1) is 24.6 Å². The predicted octanol–water partition coefficient (Wildman–Crippen LogP) is 2.03. The molecule has 1 unspecified atom stereocenters. The molecule has 2 N–H and O–H groups in total. The van der Waals surface area contributed by atoms with Gasteiger partial charge in [0, 0.05) is 31.8 Å². The zero-order valence-electron chi connectivity index (χ0n) is 10.8. The first-order valence-electron chi connectivity index (χ1n) is 6.11. The van der Waals surface area contributed by atoms with Crippen LogP contribution in [0.3, 0.4) is 0 Å². The van der Waals surface area contributed by atoms with E-state index in [0.29, 0.717) is 5.69 Å². The van der Waals surface area contributed by atoms with Gasteiger partial charge in [-0.3, -0.25) is 0 Å². The summed E-state index contributed by atoms with van der Waals surface area (Å²) in [5, 5.41) is 0. The van der Waals surface area contributed by atoms with Crippen molar-refractivity contribution >= 4 is 11.4 Å². The van der Waals surface area contributed by atoms with Crippen molar-refractivity contribution < 1.29 is 13.9 Å². The van der Waals surface area contributed by atoms with Gasteiger partial charge in [-0.1, -0.05) is 0 Å². The Bertz CT molecular complexity index is 426. The number of anilines is 2. The Hall–Kier alpha value is -1.49. The Morgan fingerprint density at radius 1 is 1.50 bits per heavy atom. The molecule has 1 heterocycles. The maximum Gasteiger partial charge on any atom is 0.167 e. The second-order valence-corrected chi connectivity index (χ2v) is 4.53. The second kappa shape index (κ2) is 5.44. The summed E-state index contributed by atoms with van der Waals surface area (Å²) in [5.41, 5.74) is 7.14. The number of benzene rings is 1. The third kappa shape index (κ3) is 2.67. The molecule has 0 radical (unpaired) electrons. The highest BCUT2D eigenvalue weighted by atomic mass is 19.1. The summed E-state index contributed by atoms with van der Waals surface area (Å²) in [6.07, 6.45) is 1.08. The monoisotopic (exact) mass is 254 g/mol. The van der Waals surface area contributed by atoms with Crippen molar-refractivity contribution in [3.8, 4) is 5.75 Å². The average molecular weight is 254 g/mol. The first-order valence-corrected chi connectivity index (χ1v) is 6.11. The maximum absolute atomic E-state index is 13.5. The molecule has 0 aliphatic carbocycles. The molecule has 5 heteroatoms. The van der Waals surface area contributed by atoms with Crippen LogP contribution >= 0.6 is 0 Å². The molecular formula is C13H19FN2O2. The Morgan fingerprint density at radius 2 is 2.28 bits per heavy atom. The fourth-order valence-electron chi connectivity index (χ4n) is 2.20. The van der Waals surface area contributed by atoms with Gasteiger partial charge in [-0.25, -0.2) is 4.39 Å². The summed E-state index contributed by atoms with van der Waals surface area (Å²) in [7, 11) is 1.45. The molecule has 1 aliphatic rings. The summed E-state index contributed by atoms with van der Waals surface area (Å²) in [5.74, 6) is -0.213. The number of nitrogen functional groups attached to an aromatic ring is 1. The van der Waals surface area contributed by atoms with E-state index in [2.05, 4.69) is 4.90 Å². The standard InChI is InChI=1S/C13H19FN2O2/c1-9-8-16(4-3-5-18-9)12-7-13(17-2)10(14)6-11(12)15/h6-7,9H,3-5,8,15H2,1-2H3. The minimum atomic E-state index is -0.433. The van der Waals surface area contributed by atoms with Crippen LogP contribution in [0.25, 0.3) is 0 Å². The van der Waals surface area contributed by atoms with Crippen LogP contribution in [0.5, 0.6) is 5.75 Å². The van der Waals surface area contributed by atoms with E-state index >= 15 is 0 Å². The normalized spacial score (nSPS) is 20.6. The molecule has 0 saturated carbocycles. The number of nitrogens with zero attached hydrogens (tertiary/aromatic N) is 1. The lowest BCUT2D eigenvalue weighted by Gasteiger charge is -2.26. The molecule has 1 saturated heterocycles. The van der Waals surface area contributed by atoms with Crippen LogP contribution in [0.15, 0.2) is 12.1 Å². The molecule has 1 aromatic rings. The molecule has 1 atom stereocenters. The Morgan fingerprint density at radius 3 is 3.00 bits per heavy atom. The van der Waals surface area contributed by atoms with E-state index in [9.17, 15) is 4.39 Å². The van der Waals surface area contributed by atoms with Gasteiger partial charge in [0.1, 0.15) is 0 Å². The van der Waals surface area contributed by atoms with Crippen LogP contribution in [0.2, 0.25) is 0 Å². The smallest absolute Gasteiger partial charge is 0.167 e. The van der Waals surface area contributed by atoms with Gasteiger partial charge in [-0.15, -0.1) is 0 Å². The van der Waals surface area contributed by atoms with Crippen molar-refractivity contribution in [1.82, 2.24) is 0 Å². The molecule has 0 aromatic heterocycles. The molecule has 1 fully saturated rings. The first-order chi connectivity index (χ1) is 8.61. The topological polar surface area (TPSA) is 47.7 Å². The quantitative estimate of drug-likeness (QED) is 0.820. The van der Waals surface area contributed by atoms with Crippen LogP contribution in [-0.2, 0) is 4.74 Å². The lowest BCUT2D eigenvalue weighted by Crippen LogP contribution is -2.30. The Kier molecular flexibility index (Phi) is 3.91. The van der Waals surface area contributed by atoms with Crippen molar-refractivity contribution in [2.24, 2.45) is 0 Å². The van der Waals surface area contributed by atoms with E-state index in [1.54, 1.807) is 6.07 Å². The average Bonchev–Trinajstić information content (AvgIpc) is 2.54. The van der Waals surface area contributed by atoms with E-state index in [1.165, 1.54) is 13.2 Å². The van der Waals surface area contributed by atoms with Gasteiger partial charge in [0.25, 0.3) is 0 Å². The van der Waals surface area contributed by atoms with Crippen LogP contribution in [-0.4, -0.2) is 32.9 Å². The summed E-state index contributed by atoms with van der Waals surface area (Å²) < 4.78 is 24.1. The highest BCUT2D eigenvalue weighted by Crippen LogP contribution is 2.31. The van der Waals surface area contributed by atoms with Crippen LogP contribution in [0, 0.1) is 5.82 Å². The number of nitrogens with two attached hydrogens (primary N) is 1. The van der Waals surface area contributed by atoms with Crippen LogP contribution in [0.1, 0.15) is 13.3 Å². The predicted molar refractivity (Wildman–Crippen MR) is 69.6 cm³/mol. The van der Waals surface area contributed by atoms with E-state index in [1.807, 2.05) is 6.92 Å². The van der Waals surface area contributed by atoms with E-state index in [0.717, 1.165) is 31.8 Å². The third-order valence-electron chi connectivity index (χ3n) is 3.09. The highest BCUT2D eigenvalue weighted by molar-refractivity contribution is 5.70. The third-order valence-corrected chi connectivity index (χ3v) is 3.09. The fourth-order valence-corrected chi connectivity index (χ4v) is 2.20. The summed E-state index contributed by atoms with van der Waals surface area (Å²) >= 11 is 0. The van der Waals surface area contributed by atoms with Crippen molar-refractivity contribution in [3.05, 3.63) is 17.9 Å². The molecular weight excluding hydrogens is 235 g/mol. The number of ether oxygens (including phenoxy) is 2. The number of hydrogen-bond acceptors (Lipinski definition) is 4. The number of methoxy groups -OCH3 is 1. The first kappa shape index (κ1) is 13.0. The number of hydrogen-bond donors (Lipinski definition) is 1. The summed E-state index contributed by atoms with van der Waals surface area (Å²) in [6.45, 7) is 4.37. The van der Waals surface area contributed by atoms with E-state index in [-0.39, 0.29) is 11.9 Å². The summed E-state index contributed by atoms with van der Waals surface area (Å²) in [6, 6.07) is 2.97. The second-order valence-electron chi connectivity index (χ2n) is 4.53. The molecule has 18 heavy (non-hydrogen) atoms. The number of halogens is 1. The highest BCUT2D eigenvalue weighted by Gasteiger charge is 2.19. The fraction of sp³-hybridized carbons (Fsp3) is 0.538. The van der Waals surface area contributed by atoms with Gasteiger partial charge in [0.15, 0.2) is 11.6 Å². The van der Waals surface area contributed by atoms with Gasteiger partial charge in [-0.05, 0) is 13.3 Å². The molecule has 0 bridgehead atoms. The molecule has 100 valence electrons. The lowest BCUT2D eigenvalue weighted by molar-refractivity contribution is 0.0821. The minimum Gasteiger partial charge on any atom is -0.494 e. The van der Waals surface area contributed by atoms with Crippen molar-refractivity contribution in [2.45, 2.75) is 19.4 Å². The largest absolute Gasteiger partial charge is 0.494 e. The van der Waals surface area contributed by atoms with Gasteiger partial charge >= 0.3 is 0 Å². The molecule has 0 spiro atoms. The van der Waals surface area contributed by atoms with Gasteiger partial charge in [-0.2, -0.15) is 0 Å². The van der Waals surface area contributed by atoms with Crippen molar-refractivity contribution in [1.29, 1.82) is 0 Å². The molecule has 1 aliphatic heterocycles. The van der Waals surface area contributed by atoms with Crippen LogP contribution < -0.4 is 15.4 Å². The maximum atomic E-state index is 13.5. The minimum absolute atomic E-state index is 0.142. The Balaban J connectivity index is 2.30. The zero-order chi connectivity index (χ0) is 13.1. The molecule has 4 nitrogen and oxygen atoms in total. The zero-order valence-corrected chi connectivity index (χ0v) is 10.8.